The van der Waals surface area contributed by atoms with E-state index < -0.39 is 23.6 Å². The van der Waals surface area contributed by atoms with Gasteiger partial charge in [0.2, 0.25) is 5.91 Å². The monoisotopic (exact) mass is 505 g/mol. The zero-order valence-corrected chi connectivity index (χ0v) is 20.9. The molecule has 3 amide bonds. The molecule has 4 aromatic rings. The smallest absolute Gasteiger partial charge is 0.408 e. The van der Waals surface area contributed by atoms with Crippen LogP contribution in [0, 0.1) is 0 Å². The van der Waals surface area contributed by atoms with Gasteiger partial charge in [-0.05, 0) is 44.9 Å². The molecular weight excluding hydrogens is 478 g/mol. The van der Waals surface area contributed by atoms with Gasteiger partial charge in [-0.1, -0.05) is 6.07 Å². The highest BCUT2D eigenvalue weighted by Crippen LogP contribution is 2.22. The highest BCUT2D eigenvalue weighted by molar-refractivity contribution is 6.00. The van der Waals surface area contributed by atoms with E-state index in [0.717, 1.165) is 5.56 Å². The lowest BCUT2D eigenvalue weighted by Gasteiger charge is -2.32. The van der Waals surface area contributed by atoms with Gasteiger partial charge in [-0.15, -0.1) is 0 Å². The van der Waals surface area contributed by atoms with Crippen LogP contribution in [0.5, 0.6) is 0 Å². The molecule has 0 spiro atoms. The van der Waals surface area contributed by atoms with E-state index in [1.807, 2.05) is 20.8 Å². The Morgan fingerprint density at radius 1 is 1.14 bits per heavy atom. The van der Waals surface area contributed by atoms with Crippen molar-refractivity contribution in [2.75, 3.05) is 6.54 Å². The van der Waals surface area contributed by atoms with E-state index in [-0.39, 0.29) is 29.4 Å². The SMILES string of the molecule is Cn1c(=O)oc2ccc(CNC(=O)c3cc(C(=O)N[C@H]4CCN(C(C)(C)C)C4=O)n4nccc4n3)cc21. The second kappa shape index (κ2) is 8.87. The van der Waals surface area contributed by atoms with E-state index in [1.54, 1.807) is 36.2 Å². The van der Waals surface area contributed by atoms with Crippen LogP contribution in [0.1, 0.15) is 53.7 Å². The van der Waals surface area contributed by atoms with E-state index in [4.69, 9.17) is 4.42 Å². The maximum absolute atomic E-state index is 13.2. The van der Waals surface area contributed by atoms with E-state index >= 15 is 0 Å². The largest absolute Gasteiger partial charge is 0.419 e. The van der Waals surface area contributed by atoms with Crippen molar-refractivity contribution in [2.24, 2.45) is 7.05 Å². The van der Waals surface area contributed by atoms with Gasteiger partial charge in [-0.25, -0.2) is 14.3 Å². The van der Waals surface area contributed by atoms with Crippen LogP contribution in [0.15, 0.2) is 45.7 Å². The standard InChI is InChI=1S/C25H27N7O5/c1-25(2,3)31-10-8-15(23(31)35)29-22(34)18-12-16(28-20-7-9-27-32(18)20)21(33)26-13-14-5-6-19-17(11-14)30(4)24(36)37-19/h5-7,9,11-12,15H,8,10,13H2,1-4H3,(H,26,33)(H,29,34)/t15-/m0/s1. The fourth-order valence-electron chi connectivity index (χ4n) is 4.46. The summed E-state index contributed by atoms with van der Waals surface area (Å²) in [5, 5.41) is 9.73. The molecule has 1 fully saturated rings. The topological polar surface area (TPSA) is 144 Å². The van der Waals surface area contributed by atoms with Gasteiger partial charge in [0.05, 0.1) is 11.7 Å². The fraction of sp³-hybridized carbons (Fsp3) is 0.360. The van der Waals surface area contributed by atoms with Gasteiger partial charge in [0, 0.05) is 37.8 Å². The molecule has 4 heterocycles. The summed E-state index contributed by atoms with van der Waals surface area (Å²) in [6.45, 7) is 6.56. The Morgan fingerprint density at radius 3 is 2.65 bits per heavy atom. The normalized spacial score (nSPS) is 16.1. The minimum Gasteiger partial charge on any atom is -0.408 e. The molecule has 1 aromatic carbocycles. The van der Waals surface area contributed by atoms with E-state index in [1.165, 1.54) is 21.3 Å². The Balaban J connectivity index is 1.34. The average molecular weight is 506 g/mol. The van der Waals surface area contributed by atoms with Gasteiger partial charge < -0.3 is 20.0 Å². The third-order valence-electron chi connectivity index (χ3n) is 6.45. The van der Waals surface area contributed by atoms with Crippen molar-refractivity contribution in [3.05, 3.63) is 64.0 Å². The van der Waals surface area contributed by atoms with Crippen molar-refractivity contribution in [3.63, 3.8) is 0 Å². The number of oxazole rings is 1. The van der Waals surface area contributed by atoms with Gasteiger partial charge in [-0.3, -0.25) is 19.0 Å². The number of aryl methyl sites for hydroxylation is 1. The van der Waals surface area contributed by atoms with Crippen molar-refractivity contribution < 1.29 is 18.8 Å². The van der Waals surface area contributed by atoms with E-state index in [0.29, 0.717) is 29.7 Å². The number of fused-ring (bicyclic) bond motifs is 2. The van der Waals surface area contributed by atoms with Crippen molar-refractivity contribution in [2.45, 2.75) is 45.3 Å². The molecule has 1 aliphatic heterocycles. The molecule has 0 aliphatic carbocycles. The molecule has 192 valence electrons. The maximum Gasteiger partial charge on any atom is 0.419 e. The minimum absolute atomic E-state index is 0.0315. The number of benzene rings is 1. The van der Waals surface area contributed by atoms with Gasteiger partial charge in [0.1, 0.15) is 17.4 Å². The number of hydrogen-bond acceptors (Lipinski definition) is 7. The first-order chi connectivity index (χ1) is 17.5. The Kier molecular flexibility index (Phi) is 5.81. The summed E-state index contributed by atoms with van der Waals surface area (Å²) < 4.78 is 7.85. The van der Waals surface area contributed by atoms with Crippen LogP contribution in [0.4, 0.5) is 0 Å². The summed E-state index contributed by atoms with van der Waals surface area (Å²) in [5.74, 6) is -1.62. The Morgan fingerprint density at radius 2 is 1.92 bits per heavy atom. The molecule has 3 aromatic heterocycles. The molecule has 1 saturated heterocycles. The van der Waals surface area contributed by atoms with Crippen LogP contribution < -0.4 is 16.4 Å². The Bertz CT molecular complexity index is 1610. The number of carbonyl (C=O) groups excluding carboxylic acids is 3. The van der Waals surface area contributed by atoms with Crippen molar-refractivity contribution in [1.29, 1.82) is 0 Å². The molecular formula is C25H27N7O5. The van der Waals surface area contributed by atoms with Crippen LogP contribution in [-0.2, 0) is 18.4 Å². The van der Waals surface area contributed by atoms with Crippen LogP contribution in [0.3, 0.4) is 0 Å². The molecule has 12 heteroatoms. The molecule has 0 radical (unpaired) electrons. The summed E-state index contributed by atoms with van der Waals surface area (Å²) in [5.41, 5.74) is 1.93. The van der Waals surface area contributed by atoms with Gasteiger partial charge >= 0.3 is 5.76 Å². The molecule has 0 saturated carbocycles. The predicted octanol–water partition coefficient (Wildman–Crippen LogP) is 1.23. The zero-order valence-electron chi connectivity index (χ0n) is 20.9. The van der Waals surface area contributed by atoms with Crippen molar-refractivity contribution in [3.8, 4) is 0 Å². The minimum atomic E-state index is -0.656. The number of carbonyl (C=O) groups is 3. The van der Waals surface area contributed by atoms with Crippen molar-refractivity contribution in [1.82, 2.24) is 34.7 Å². The lowest BCUT2D eigenvalue weighted by atomic mass is 10.1. The van der Waals surface area contributed by atoms with Crippen LogP contribution in [0.25, 0.3) is 16.7 Å². The summed E-state index contributed by atoms with van der Waals surface area (Å²) in [4.78, 5) is 56.8. The van der Waals surface area contributed by atoms with Gasteiger partial charge in [0.25, 0.3) is 11.8 Å². The number of hydrogen-bond donors (Lipinski definition) is 2. The number of aromatic nitrogens is 4. The summed E-state index contributed by atoms with van der Waals surface area (Å²) in [7, 11) is 1.60. The number of nitrogens with zero attached hydrogens (tertiary/aromatic N) is 5. The first-order valence-electron chi connectivity index (χ1n) is 11.9. The first-order valence-corrected chi connectivity index (χ1v) is 11.9. The summed E-state index contributed by atoms with van der Waals surface area (Å²) in [6.07, 6.45) is 1.97. The number of rotatable bonds is 5. The summed E-state index contributed by atoms with van der Waals surface area (Å²) >= 11 is 0. The molecule has 5 rings (SSSR count). The third kappa shape index (κ3) is 4.46. The molecule has 0 unspecified atom stereocenters. The molecule has 12 nitrogen and oxygen atoms in total. The second-order valence-corrected chi connectivity index (χ2v) is 10.0. The Labute approximate surface area is 211 Å². The average Bonchev–Trinajstić information content (AvgIpc) is 3.54. The lowest BCUT2D eigenvalue weighted by Crippen LogP contribution is -2.48. The molecule has 1 atom stereocenters. The summed E-state index contributed by atoms with van der Waals surface area (Å²) in [6, 6.07) is 7.46. The van der Waals surface area contributed by atoms with Crippen molar-refractivity contribution >= 4 is 34.5 Å². The number of amides is 3. The number of nitrogens with one attached hydrogen (secondary N) is 2. The quantitative estimate of drug-likeness (QED) is 0.415. The van der Waals surface area contributed by atoms with Gasteiger partial charge in [-0.2, -0.15) is 5.10 Å². The molecule has 2 N–H and O–H groups in total. The third-order valence-corrected chi connectivity index (χ3v) is 6.45. The predicted molar refractivity (Wildman–Crippen MR) is 133 cm³/mol. The lowest BCUT2D eigenvalue weighted by molar-refractivity contribution is -0.133. The first kappa shape index (κ1) is 24.2. The van der Waals surface area contributed by atoms with E-state index in [2.05, 4.69) is 20.7 Å². The second-order valence-electron chi connectivity index (χ2n) is 10.0. The van der Waals surface area contributed by atoms with Crippen LogP contribution in [0.2, 0.25) is 0 Å². The van der Waals surface area contributed by atoms with Crippen LogP contribution in [-0.4, -0.2) is 59.9 Å². The number of likely N-dealkylation sites (tertiary alicyclic amines) is 1. The molecule has 0 bridgehead atoms. The van der Waals surface area contributed by atoms with Gasteiger partial charge in [0.15, 0.2) is 11.2 Å². The highest BCUT2D eigenvalue weighted by atomic mass is 16.4. The fourth-order valence-corrected chi connectivity index (χ4v) is 4.46. The molecule has 37 heavy (non-hydrogen) atoms. The molecule has 1 aliphatic rings. The highest BCUT2D eigenvalue weighted by Gasteiger charge is 2.38. The maximum atomic E-state index is 13.2. The zero-order chi connectivity index (χ0) is 26.5. The Hall–Kier alpha value is -4.48. The van der Waals surface area contributed by atoms with Crippen LogP contribution >= 0.6 is 0 Å². The van der Waals surface area contributed by atoms with E-state index in [9.17, 15) is 19.2 Å².